The van der Waals surface area contributed by atoms with Crippen LogP contribution in [0, 0.1) is 0 Å². The largest absolute Gasteiger partial charge is 0.490 e. The van der Waals surface area contributed by atoms with Crippen LogP contribution in [0.1, 0.15) is 6.42 Å². The minimum Gasteiger partial charge on any atom is -0.302 e. The zero-order chi connectivity index (χ0) is 14.6. The van der Waals surface area contributed by atoms with Crippen molar-refractivity contribution in [3.05, 3.63) is 0 Å². The smallest absolute Gasteiger partial charge is 0.302 e. The Balaban J connectivity index is 4.43. The van der Waals surface area contributed by atoms with Gasteiger partial charge in [0.2, 0.25) is 0 Å². The van der Waals surface area contributed by atoms with Gasteiger partial charge in [-0.1, -0.05) is 0 Å². The zero-order valence-corrected chi connectivity index (χ0v) is 12.5. The van der Waals surface area contributed by atoms with Crippen molar-refractivity contribution >= 4 is 46.7 Å². The van der Waals surface area contributed by atoms with E-state index in [-0.39, 0.29) is 6.42 Å². The van der Waals surface area contributed by atoms with Crippen molar-refractivity contribution < 1.29 is 46.4 Å². The van der Waals surface area contributed by atoms with Crippen molar-refractivity contribution in [3.8, 4) is 0 Å². The predicted octanol–water partition coefficient (Wildman–Crippen LogP) is 1.52. The molecule has 0 saturated heterocycles. The van der Waals surface area contributed by atoms with E-state index in [1.807, 2.05) is 0 Å². The van der Waals surface area contributed by atoms with E-state index in [9.17, 15) is 13.7 Å². The van der Waals surface area contributed by atoms with Gasteiger partial charge in [0.15, 0.2) is 0 Å². The molecule has 10 nitrogen and oxygen atoms in total. The lowest BCUT2D eigenvalue weighted by Crippen LogP contribution is -2.00. The first-order chi connectivity index (χ1) is 7.83. The van der Waals surface area contributed by atoms with E-state index in [1.54, 1.807) is 0 Å². The van der Waals surface area contributed by atoms with Gasteiger partial charge in [0.25, 0.3) is 0 Å². The second-order valence-corrected chi connectivity index (χ2v) is 8.30. The van der Waals surface area contributed by atoms with E-state index >= 15 is 0 Å². The number of phosphoric acid groups is 3. The number of hydrogen-bond acceptors (Lipinski definition) is 6. The molecule has 15 heteroatoms. The molecule has 4 N–H and O–H groups in total. The number of hydrogen-bond donors (Lipinski definition) is 4. The van der Waals surface area contributed by atoms with Crippen LogP contribution >= 0.6 is 46.7 Å². The molecular weight excluding hydrogens is 360 g/mol. The van der Waals surface area contributed by atoms with E-state index in [4.69, 9.17) is 42.8 Å². The maximum Gasteiger partial charge on any atom is 0.490 e. The van der Waals surface area contributed by atoms with Crippen LogP contribution in [0.2, 0.25) is 0 Å². The van der Waals surface area contributed by atoms with Gasteiger partial charge in [-0.2, -0.15) is 8.62 Å². The average molecular weight is 369 g/mol. The molecule has 0 aromatic heterocycles. The molecule has 0 bridgehead atoms. The molecule has 0 aromatic rings. The normalized spacial score (nSPS) is 19.5. The molecule has 0 amide bonds. The van der Waals surface area contributed by atoms with Crippen LogP contribution in [0.15, 0.2) is 0 Å². The topological polar surface area (TPSA) is 160 Å². The van der Waals surface area contributed by atoms with E-state index in [0.717, 1.165) is 0 Å². The molecule has 2 unspecified atom stereocenters. The molecule has 0 aliphatic rings. The van der Waals surface area contributed by atoms with Gasteiger partial charge in [0.1, 0.15) is 4.84 Å². The summed E-state index contributed by atoms with van der Waals surface area (Å²) >= 11 is 10.5. The Morgan fingerprint density at radius 3 is 1.83 bits per heavy atom. The lowest BCUT2D eigenvalue weighted by atomic mass is 10.5. The average Bonchev–Trinajstić information content (AvgIpc) is 1.93. The third kappa shape index (κ3) is 10.9. The SMILES string of the molecule is O=P(O)(O)OP(=O)(O)OP(=O)(O)OCCC(Cl)Cl. The Bertz CT molecular complexity index is 403. The molecule has 2 atom stereocenters. The molecule has 0 aliphatic carbocycles. The number of rotatable bonds is 8. The fourth-order valence-corrected chi connectivity index (χ4v) is 3.77. The third-order valence-electron chi connectivity index (χ3n) is 1.01. The summed E-state index contributed by atoms with van der Waals surface area (Å²) in [5, 5.41) is 0. The van der Waals surface area contributed by atoms with E-state index in [0.29, 0.717) is 0 Å². The van der Waals surface area contributed by atoms with Gasteiger partial charge in [-0.05, 0) is 0 Å². The number of halogens is 2. The molecule has 110 valence electrons. The Labute approximate surface area is 111 Å². The highest BCUT2D eigenvalue weighted by Gasteiger charge is 2.40. The van der Waals surface area contributed by atoms with Crippen molar-refractivity contribution in [2.45, 2.75) is 11.3 Å². The van der Waals surface area contributed by atoms with Crippen molar-refractivity contribution in [2.75, 3.05) is 6.61 Å². The monoisotopic (exact) mass is 368 g/mol. The van der Waals surface area contributed by atoms with Crippen LogP contribution < -0.4 is 0 Å². The minimum absolute atomic E-state index is 0.0912. The van der Waals surface area contributed by atoms with Crippen LogP contribution in [0.25, 0.3) is 0 Å². The zero-order valence-electron chi connectivity index (χ0n) is 8.33. The lowest BCUT2D eigenvalue weighted by Gasteiger charge is -2.16. The first-order valence-electron chi connectivity index (χ1n) is 3.89. The van der Waals surface area contributed by atoms with Crippen LogP contribution in [0.3, 0.4) is 0 Å². The van der Waals surface area contributed by atoms with Crippen molar-refractivity contribution in [1.82, 2.24) is 0 Å². The highest BCUT2D eigenvalue weighted by atomic mass is 35.5. The third-order valence-corrected chi connectivity index (χ3v) is 5.28. The maximum atomic E-state index is 11.1. The van der Waals surface area contributed by atoms with Crippen LogP contribution in [-0.2, 0) is 26.8 Å². The molecule has 0 aliphatic heterocycles. The maximum absolute atomic E-state index is 11.1. The predicted molar refractivity (Wildman–Crippen MR) is 59.9 cm³/mol. The second kappa shape index (κ2) is 7.13. The molecular formula is C3H9Cl2O10P3. The first kappa shape index (κ1) is 19.0. The molecule has 0 spiro atoms. The van der Waals surface area contributed by atoms with E-state index in [1.165, 1.54) is 0 Å². The molecule has 0 heterocycles. The number of phosphoric ester groups is 1. The van der Waals surface area contributed by atoms with Crippen LogP contribution in [-0.4, -0.2) is 31.0 Å². The Morgan fingerprint density at radius 1 is 0.944 bits per heavy atom. The molecule has 0 rings (SSSR count). The van der Waals surface area contributed by atoms with E-state index in [2.05, 4.69) is 13.1 Å². The fourth-order valence-electron chi connectivity index (χ4n) is 0.560. The summed E-state index contributed by atoms with van der Waals surface area (Å²) in [7, 11) is -15.9. The molecule has 18 heavy (non-hydrogen) atoms. The van der Waals surface area contributed by atoms with Gasteiger partial charge in [-0.25, -0.2) is 13.7 Å². The summed E-state index contributed by atoms with van der Waals surface area (Å²) in [4.78, 5) is 33.2. The minimum atomic E-state index is -5.47. The Morgan fingerprint density at radius 2 is 1.44 bits per heavy atom. The van der Waals surface area contributed by atoms with Gasteiger partial charge in [0.05, 0.1) is 6.61 Å². The standard InChI is InChI=1S/C3H9Cl2O10P3/c4-3(5)1-2-13-17(9,10)15-18(11,12)14-16(6,7)8/h3H,1-2H2,(H,9,10)(H,11,12)(H2,6,7,8). The molecule has 0 aromatic carbocycles. The van der Waals surface area contributed by atoms with E-state index < -0.39 is 34.9 Å². The molecule has 0 saturated carbocycles. The summed E-state index contributed by atoms with van der Waals surface area (Å²) in [6.45, 7) is -0.499. The summed E-state index contributed by atoms with van der Waals surface area (Å²) < 4.78 is 43.2. The number of alkyl halides is 2. The first-order valence-corrected chi connectivity index (χ1v) is 9.29. The lowest BCUT2D eigenvalue weighted by molar-refractivity contribution is 0.172. The van der Waals surface area contributed by atoms with Crippen LogP contribution in [0.5, 0.6) is 0 Å². The van der Waals surface area contributed by atoms with Crippen molar-refractivity contribution in [1.29, 1.82) is 0 Å². The second-order valence-electron chi connectivity index (χ2n) is 2.60. The summed E-state index contributed by atoms with van der Waals surface area (Å²) in [6, 6.07) is 0. The Hall–Kier alpha value is 0.990. The van der Waals surface area contributed by atoms with Gasteiger partial charge in [-0.15, -0.1) is 23.2 Å². The highest BCUT2D eigenvalue weighted by Crippen LogP contribution is 2.66. The fraction of sp³-hybridized carbons (Fsp3) is 1.00. The summed E-state index contributed by atoms with van der Waals surface area (Å²) in [6.07, 6.45) is -0.0912. The molecule has 0 radical (unpaired) electrons. The highest BCUT2D eigenvalue weighted by molar-refractivity contribution is 7.66. The van der Waals surface area contributed by atoms with Gasteiger partial charge in [-0.3, -0.25) is 4.52 Å². The molecule has 0 fully saturated rings. The van der Waals surface area contributed by atoms with Gasteiger partial charge < -0.3 is 19.6 Å². The van der Waals surface area contributed by atoms with Crippen LogP contribution in [0.4, 0.5) is 0 Å². The van der Waals surface area contributed by atoms with Crippen molar-refractivity contribution in [2.24, 2.45) is 0 Å². The van der Waals surface area contributed by atoms with Crippen molar-refractivity contribution in [3.63, 3.8) is 0 Å². The summed E-state index contributed by atoms with van der Waals surface area (Å²) in [5.41, 5.74) is 0. The van der Waals surface area contributed by atoms with Gasteiger partial charge >= 0.3 is 23.5 Å². The quantitative estimate of drug-likeness (QED) is 0.365. The Kier molecular flexibility index (Phi) is 7.52. The summed E-state index contributed by atoms with van der Waals surface area (Å²) in [5.74, 6) is 0. The van der Waals surface area contributed by atoms with Gasteiger partial charge in [0, 0.05) is 6.42 Å².